The highest BCUT2D eigenvalue weighted by Gasteiger charge is 2.24. The van der Waals surface area contributed by atoms with Gasteiger partial charge in [0.05, 0.1) is 22.8 Å². The Labute approximate surface area is 210 Å². The van der Waals surface area contributed by atoms with Crippen LogP contribution in [0.2, 0.25) is 0 Å². The van der Waals surface area contributed by atoms with Crippen molar-refractivity contribution < 1.29 is 0 Å². The summed E-state index contributed by atoms with van der Waals surface area (Å²) in [5.74, 6) is 0. The molecule has 3 aromatic carbocycles. The van der Waals surface area contributed by atoms with E-state index in [2.05, 4.69) is 71.5 Å². The van der Waals surface area contributed by atoms with Crippen molar-refractivity contribution in [1.29, 1.82) is 0 Å². The van der Waals surface area contributed by atoms with Crippen LogP contribution in [0.3, 0.4) is 0 Å². The topological polar surface area (TPSA) is 35.6 Å². The number of unbranched alkanes of at least 4 members (excludes halogenated alkanes) is 6. The summed E-state index contributed by atoms with van der Waals surface area (Å²) in [5.41, 5.74) is 7.48. The highest BCUT2D eigenvalue weighted by molar-refractivity contribution is 7.00. The molecule has 180 valence electrons. The van der Waals surface area contributed by atoms with Crippen molar-refractivity contribution in [2.45, 2.75) is 78.3 Å². The number of hydrogen-bond donors (Lipinski definition) is 0. The summed E-state index contributed by atoms with van der Waals surface area (Å²) >= 11 is 1.35. The smallest absolute Gasteiger partial charge is 0.115 e. The summed E-state index contributed by atoms with van der Waals surface area (Å²) < 4.78 is 15.0. The molecule has 6 aromatic rings. The van der Waals surface area contributed by atoms with Gasteiger partial charge in [-0.1, -0.05) is 88.8 Å². The number of rotatable bonds is 10. The third-order valence-corrected chi connectivity index (χ3v) is 8.13. The molecule has 0 aliphatic rings. The average molecular weight is 483 g/mol. The van der Waals surface area contributed by atoms with Crippen molar-refractivity contribution in [3.8, 4) is 0 Å². The van der Waals surface area contributed by atoms with E-state index < -0.39 is 0 Å². The van der Waals surface area contributed by atoms with E-state index in [9.17, 15) is 0 Å². The van der Waals surface area contributed by atoms with Gasteiger partial charge in [-0.25, -0.2) is 0 Å². The van der Waals surface area contributed by atoms with E-state index in [1.807, 2.05) is 0 Å². The first-order chi connectivity index (χ1) is 17.3. The lowest BCUT2D eigenvalue weighted by molar-refractivity contribution is 0.597. The van der Waals surface area contributed by atoms with Gasteiger partial charge >= 0.3 is 0 Å². The molecule has 0 saturated carbocycles. The Morgan fingerprint density at radius 1 is 0.600 bits per heavy atom. The van der Waals surface area contributed by atoms with Gasteiger partial charge in [0.1, 0.15) is 11.0 Å². The Morgan fingerprint density at radius 3 is 1.51 bits per heavy atom. The van der Waals surface area contributed by atoms with Gasteiger partial charge in [-0.2, -0.15) is 8.75 Å². The maximum Gasteiger partial charge on any atom is 0.115 e. The summed E-state index contributed by atoms with van der Waals surface area (Å²) in [6.07, 6.45) is 10.1. The van der Waals surface area contributed by atoms with Gasteiger partial charge in [0.2, 0.25) is 0 Å². The maximum absolute atomic E-state index is 4.88. The Kier molecular flexibility index (Phi) is 6.19. The molecule has 0 amide bonds. The summed E-state index contributed by atoms with van der Waals surface area (Å²) in [6.45, 7) is 6.65. The lowest BCUT2D eigenvalue weighted by atomic mass is 10.1. The van der Waals surface area contributed by atoms with Gasteiger partial charge in [0, 0.05) is 45.7 Å². The zero-order valence-electron chi connectivity index (χ0n) is 20.9. The van der Waals surface area contributed by atoms with E-state index in [4.69, 9.17) is 8.75 Å². The van der Waals surface area contributed by atoms with Crippen molar-refractivity contribution in [3.63, 3.8) is 0 Å². The van der Waals surface area contributed by atoms with Crippen LogP contribution >= 0.6 is 11.7 Å². The first-order valence-corrected chi connectivity index (χ1v) is 14.1. The molecule has 3 aromatic heterocycles. The molecule has 0 aliphatic carbocycles. The second kappa shape index (κ2) is 9.62. The predicted octanol–water partition coefficient (Wildman–Crippen LogP) is 9.07. The monoisotopic (exact) mass is 482 g/mol. The van der Waals surface area contributed by atoms with Crippen molar-refractivity contribution in [1.82, 2.24) is 17.9 Å². The zero-order chi connectivity index (χ0) is 23.8. The quantitative estimate of drug-likeness (QED) is 0.183. The molecular weight excluding hydrogens is 448 g/mol. The van der Waals surface area contributed by atoms with Gasteiger partial charge in [-0.15, -0.1) is 0 Å². The minimum atomic E-state index is 1.04. The minimum Gasteiger partial charge on any atom is -0.339 e. The standard InChI is InChI=1S/C30H34N4S/c1-3-5-7-13-19-33-23-17-11-9-15-21(23)25-27-28(32-35-31-27)26-22-16-10-12-18-24(22)34(30(26)29(25)33)20-14-8-6-4-2/h9-12,15-18H,3-8,13-14,19-20H2,1-2H3. The van der Waals surface area contributed by atoms with Crippen LogP contribution in [0.4, 0.5) is 0 Å². The second-order valence-corrected chi connectivity index (χ2v) is 10.4. The number of aryl methyl sites for hydroxylation is 2. The van der Waals surface area contributed by atoms with Crippen LogP contribution < -0.4 is 0 Å². The van der Waals surface area contributed by atoms with Gasteiger partial charge in [0.25, 0.3) is 0 Å². The van der Waals surface area contributed by atoms with Crippen molar-refractivity contribution in [3.05, 3.63) is 48.5 Å². The number of benzene rings is 3. The van der Waals surface area contributed by atoms with E-state index in [0.717, 1.165) is 24.1 Å². The number of aromatic nitrogens is 4. The fourth-order valence-corrected chi connectivity index (χ4v) is 6.51. The molecule has 0 N–H and O–H groups in total. The second-order valence-electron chi connectivity index (χ2n) is 9.87. The van der Waals surface area contributed by atoms with Crippen LogP contribution in [0.1, 0.15) is 65.2 Å². The van der Waals surface area contributed by atoms with Crippen LogP contribution in [0, 0.1) is 0 Å². The molecule has 4 nitrogen and oxygen atoms in total. The molecule has 6 rings (SSSR count). The molecule has 3 heterocycles. The van der Waals surface area contributed by atoms with Crippen LogP contribution in [-0.4, -0.2) is 17.9 Å². The summed E-state index contributed by atoms with van der Waals surface area (Å²) in [4.78, 5) is 0. The molecule has 0 bridgehead atoms. The molecule has 5 heteroatoms. The molecule has 0 saturated heterocycles. The maximum atomic E-state index is 4.88. The lowest BCUT2D eigenvalue weighted by Gasteiger charge is -2.12. The highest BCUT2D eigenvalue weighted by atomic mass is 32.1. The molecule has 35 heavy (non-hydrogen) atoms. The Balaban J connectivity index is 1.72. The Morgan fingerprint density at radius 2 is 1.06 bits per heavy atom. The van der Waals surface area contributed by atoms with Gasteiger partial charge in [-0.3, -0.25) is 0 Å². The summed E-state index contributed by atoms with van der Waals surface area (Å²) in [6, 6.07) is 17.8. The molecule has 0 aliphatic heterocycles. The van der Waals surface area contributed by atoms with Crippen molar-refractivity contribution in [2.75, 3.05) is 0 Å². The molecule has 0 spiro atoms. The third kappa shape index (κ3) is 3.63. The van der Waals surface area contributed by atoms with Crippen LogP contribution in [0.15, 0.2) is 48.5 Å². The first kappa shape index (κ1) is 22.5. The summed E-state index contributed by atoms with van der Waals surface area (Å²) in [7, 11) is 0. The predicted molar refractivity (Wildman–Crippen MR) is 152 cm³/mol. The van der Waals surface area contributed by atoms with Gasteiger partial charge < -0.3 is 9.13 Å². The fraction of sp³-hybridized carbons (Fsp3) is 0.400. The SMILES string of the molecule is CCCCCCn1c2ccccc2c2c3nsnc3c3c4ccccc4n(CCCCCC)c3c21. The molecular formula is C30H34N4S. The normalized spacial score (nSPS) is 12.3. The van der Waals surface area contributed by atoms with Crippen molar-refractivity contribution >= 4 is 66.4 Å². The average Bonchev–Trinajstić information content (AvgIpc) is 3.57. The fourth-order valence-electron chi connectivity index (χ4n) is 5.95. The van der Waals surface area contributed by atoms with E-state index in [0.29, 0.717) is 0 Å². The Hall–Kier alpha value is -2.92. The van der Waals surface area contributed by atoms with Crippen LogP contribution in [0.25, 0.3) is 54.6 Å². The van der Waals surface area contributed by atoms with Crippen LogP contribution in [-0.2, 0) is 13.1 Å². The largest absolute Gasteiger partial charge is 0.339 e. The van der Waals surface area contributed by atoms with E-state index in [-0.39, 0.29) is 0 Å². The molecule has 0 fully saturated rings. The van der Waals surface area contributed by atoms with Gasteiger partial charge in [-0.05, 0) is 25.0 Å². The van der Waals surface area contributed by atoms with Crippen LogP contribution in [0.5, 0.6) is 0 Å². The van der Waals surface area contributed by atoms with Crippen molar-refractivity contribution in [2.24, 2.45) is 0 Å². The third-order valence-electron chi connectivity index (χ3n) is 7.60. The number of para-hydroxylation sites is 2. The Bertz CT molecular complexity index is 1510. The number of fused-ring (bicyclic) bond motifs is 10. The summed E-state index contributed by atoms with van der Waals surface area (Å²) in [5, 5.41) is 5.18. The molecule has 0 unspecified atom stereocenters. The van der Waals surface area contributed by atoms with Gasteiger partial charge in [0.15, 0.2) is 0 Å². The van der Waals surface area contributed by atoms with E-state index >= 15 is 0 Å². The number of nitrogens with zero attached hydrogens (tertiary/aromatic N) is 4. The zero-order valence-corrected chi connectivity index (χ0v) is 21.7. The highest BCUT2D eigenvalue weighted by Crippen LogP contribution is 2.44. The molecule has 0 radical (unpaired) electrons. The minimum absolute atomic E-state index is 1.04. The number of hydrogen-bond acceptors (Lipinski definition) is 3. The lowest BCUT2D eigenvalue weighted by Crippen LogP contribution is -2.02. The first-order valence-electron chi connectivity index (χ1n) is 13.4. The van der Waals surface area contributed by atoms with E-state index in [1.54, 1.807) is 0 Å². The van der Waals surface area contributed by atoms with E-state index in [1.165, 1.54) is 107 Å². The molecule has 0 atom stereocenters.